The predicted molar refractivity (Wildman–Crippen MR) is 429 cm³/mol. The van der Waals surface area contributed by atoms with Crippen molar-refractivity contribution in [3.8, 4) is 0 Å². The molecule has 2 aliphatic heterocycles. The molecule has 2 heterocycles. The number of ether oxygens (including phenoxy) is 8. The molecule has 618 valence electrons. The number of carbonyl (C=O) groups is 7. The summed E-state index contributed by atoms with van der Waals surface area (Å²) in [5.74, 6) is -3.34. The number of methoxy groups -OCH3 is 1. The fraction of sp³-hybridized carbons (Fsp3) is 0.854. The van der Waals surface area contributed by atoms with Crippen molar-refractivity contribution in [3.05, 3.63) is 35.9 Å². The van der Waals surface area contributed by atoms with Crippen LogP contribution in [0.15, 0.2) is 30.3 Å². The predicted octanol–water partition coefficient (Wildman–Crippen LogP) is 21.6. The van der Waals surface area contributed by atoms with Gasteiger partial charge in [-0.25, -0.2) is 4.79 Å². The summed E-state index contributed by atoms with van der Waals surface area (Å²) in [6, 6.07) is 5.70. The van der Waals surface area contributed by atoms with E-state index in [4.69, 9.17) is 37.9 Å². The van der Waals surface area contributed by atoms with Crippen LogP contribution < -0.4 is 16.0 Å². The second-order valence-electron chi connectivity index (χ2n) is 31.3. The zero-order valence-corrected chi connectivity index (χ0v) is 69.0. The van der Waals surface area contributed by atoms with Crippen LogP contribution in [0.25, 0.3) is 0 Å². The van der Waals surface area contributed by atoms with E-state index in [1.165, 1.54) is 142 Å². The molecule has 18 heteroatoms. The maximum atomic E-state index is 15.2. The number of benzene rings is 1. The molecule has 107 heavy (non-hydrogen) atoms. The number of unbranched alkanes of at least 4 members (excludes halogenated alkanes) is 42. The first-order valence-corrected chi connectivity index (χ1v) is 44.4. The van der Waals surface area contributed by atoms with Gasteiger partial charge in [0, 0.05) is 24.8 Å². The SMILES string of the molecule is CCCCCCCCCCC[C@H](CC(=O)N[C@H]1[C@H](OC[C@H](NC(=O)C[C@@H](CCCCCCCCCCC)OC(=O)CCCCCCCCC)C(=O)OC)O[C@@H]2COC(c3ccccc3)O[C@H]2[C@H]1NC(=O)C[C@@H](CCCCCCCCCCC)OC(=O)CCCCCCCCC)OC(=O)CCCCCCCCC. The summed E-state index contributed by atoms with van der Waals surface area (Å²) >= 11 is 0. The van der Waals surface area contributed by atoms with Gasteiger partial charge in [0.2, 0.25) is 17.7 Å². The molecule has 0 aromatic heterocycles. The Labute approximate surface area is 650 Å². The highest BCUT2D eigenvalue weighted by Crippen LogP contribution is 2.36. The quantitative estimate of drug-likeness (QED) is 0.0313. The minimum Gasteiger partial charge on any atom is -0.467 e. The molecule has 2 fully saturated rings. The lowest BCUT2D eigenvalue weighted by Gasteiger charge is -2.50. The van der Waals surface area contributed by atoms with Crippen LogP contribution in [-0.4, -0.2) is 117 Å². The van der Waals surface area contributed by atoms with E-state index in [2.05, 4.69) is 57.5 Å². The summed E-state index contributed by atoms with van der Waals surface area (Å²) in [7, 11) is 1.22. The van der Waals surface area contributed by atoms with Crippen molar-refractivity contribution in [2.24, 2.45) is 0 Å². The van der Waals surface area contributed by atoms with Gasteiger partial charge >= 0.3 is 23.9 Å². The van der Waals surface area contributed by atoms with E-state index in [0.717, 1.165) is 160 Å². The Morgan fingerprint density at radius 2 is 0.710 bits per heavy atom. The molecule has 2 aliphatic rings. The molecule has 0 bridgehead atoms. The summed E-state index contributed by atoms with van der Waals surface area (Å²) in [5.41, 5.74) is 0.719. The van der Waals surface area contributed by atoms with Gasteiger partial charge in [-0.2, -0.15) is 0 Å². The zero-order valence-electron chi connectivity index (χ0n) is 69.0. The first kappa shape index (κ1) is 96.5. The molecular weight excluding hydrogens is 1350 g/mol. The Morgan fingerprint density at radius 1 is 0.393 bits per heavy atom. The fourth-order valence-corrected chi connectivity index (χ4v) is 14.8. The highest BCUT2D eigenvalue weighted by molar-refractivity contribution is 5.85. The van der Waals surface area contributed by atoms with Crippen LogP contribution in [-0.2, 0) is 71.5 Å². The lowest BCUT2D eigenvalue weighted by atomic mass is 9.92. The third kappa shape index (κ3) is 48.7. The van der Waals surface area contributed by atoms with Crippen molar-refractivity contribution in [3.63, 3.8) is 0 Å². The van der Waals surface area contributed by atoms with E-state index in [-0.39, 0.29) is 63.0 Å². The van der Waals surface area contributed by atoms with Crippen molar-refractivity contribution < 1.29 is 71.5 Å². The van der Waals surface area contributed by atoms with Crippen molar-refractivity contribution in [1.29, 1.82) is 0 Å². The minimum absolute atomic E-state index is 0.0285. The molecule has 0 aliphatic carbocycles. The summed E-state index contributed by atoms with van der Waals surface area (Å²) in [4.78, 5) is 99.8. The molecule has 3 amide bonds. The van der Waals surface area contributed by atoms with Crippen molar-refractivity contribution >= 4 is 41.6 Å². The average Bonchev–Trinajstić information content (AvgIpc) is 0.768. The first-order valence-electron chi connectivity index (χ1n) is 44.4. The Morgan fingerprint density at radius 3 is 1.06 bits per heavy atom. The molecule has 2 saturated heterocycles. The van der Waals surface area contributed by atoms with E-state index in [1.807, 2.05) is 30.3 Å². The van der Waals surface area contributed by atoms with Gasteiger partial charge in [-0.05, 0) is 57.8 Å². The molecule has 3 rings (SSSR count). The molecule has 1 aromatic rings. The number of hydrogen-bond acceptors (Lipinski definition) is 15. The van der Waals surface area contributed by atoms with E-state index in [0.29, 0.717) is 38.5 Å². The number of carbonyl (C=O) groups excluding carboxylic acids is 7. The fourth-order valence-electron chi connectivity index (χ4n) is 14.8. The van der Waals surface area contributed by atoms with Crippen molar-refractivity contribution in [2.75, 3.05) is 20.3 Å². The lowest BCUT2D eigenvalue weighted by molar-refractivity contribution is -0.328. The van der Waals surface area contributed by atoms with Crippen LogP contribution in [0.3, 0.4) is 0 Å². The largest absolute Gasteiger partial charge is 0.467 e. The Hall–Kier alpha value is -4.65. The minimum atomic E-state index is -1.42. The Balaban J connectivity index is 2.08. The smallest absolute Gasteiger partial charge is 0.330 e. The molecule has 0 radical (unpaired) electrons. The Kier molecular flexibility index (Phi) is 59.6. The number of hydrogen-bond donors (Lipinski definition) is 3. The summed E-state index contributed by atoms with van der Waals surface area (Å²) in [6.07, 6.45) is 46.9. The van der Waals surface area contributed by atoms with E-state index >= 15 is 9.59 Å². The summed E-state index contributed by atoms with van der Waals surface area (Å²) in [5, 5.41) is 9.31. The maximum absolute atomic E-state index is 15.2. The molecule has 0 spiro atoms. The third-order valence-corrected chi connectivity index (χ3v) is 21.4. The van der Waals surface area contributed by atoms with Gasteiger partial charge in [-0.3, -0.25) is 28.8 Å². The van der Waals surface area contributed by atoms with Crippen LogP contribution in [0, 0.1) is 0 Å². The number of amides is 3. The van der Waals surface area contributed by atoms with Crippen molar-refractivity contribution in [1.82, 2.24) is 16.0 Å². The summed E-state index contributed by atoms with van der Waals surface area (Å²) < 4.78 is 50.7. The van der Waals surface area contributed by atoms with Gasteiger partial charge in [-0.1, -0.05) is 342 Å². The van der Waals surface area contributed by atoms with Crippen LogP contribution in [0.1, 0.15) is 419 Å². The van der Waals surface area contributed by atoms with Gasteiger partial charge in [0.15, 0.2) is 18.6 Å². The van der Waals surface area contributed by atoms with Gasteiger partial charge < -0.3 is 53.8 Å². The number of fused-ring (bicyclic) bond motifs is 1. The molecular formula is C89H157N3O15. The molecule has 1 unspecified atom stereocenters. The van der Waals surface area contributed by atoms with Gasteiger partial charge in [0.1, 0.15) is 36.6 Å². The van der Waals surface area contributed by atoms with E-state index in [1.54, 1.807) is 0 Å². The standard InChI is InChI=1S/C89H157N3O15/c1-8-14-20-26-32-35-41-44-53-61-73(103-81(96)64-56-47-38-29-23-17-11-4)67-78(93)90-76(87(99)100-7)70-101-89-85(92-80(95)69-75(63-55-46-43-37-34-28-22-16-10-3)105-83(98)66-58-49-40-31-25-19-13-6)84(86-77(106-89)71-102-88(107-86)72-59-51-50-52-60-72)91-79(94)68-74(62-54-45-42-36-33-27-21-15-9-2)104-82(97)65-57-48-39-30-24-18-12-5/h50-52,59-60,73-77,84-86,88-89H,8-49,53-58,61-71H2,1-7H3,(H,90,93)(H,91,94)(H,92,95)/t73-,74-,75-,76+,77-,84+,85-,86-,88?,89-/m1/s1. The van der Waals surface area contributed by atoms with Crippen LogP contribution in [0.5, 0.6) is 0 Å². The van der Waals surface area contributed by atoms with Crippen molar-refractivity contribution in [2.45, 2.75) is 469 Å². The highest BCUT2D eigenvalue weighted by atomic mass is 16.7. The van der Waals surface area contributed by atoms with Crippen LogP contribution in [0.2, 0.25) is 0 Å². The molecule has 10 atom stereocenters. The topological polar surface area (TPSA) is 229 Å². The van der Waals surface area contributed by atoms with Gasteiger partial charge in [0.05, 0.1) is 45.6 Å². The zero-order chi connectivity index (χ0) is 77.4. The summed E-state index contributed by atoms with van der Waals surface area (Å²) in [6.45, 7) is 12.7. The van der Waals surface area contributed by atoms with E-state index in [9.17, 15) is 24.0 Å². The van der Waals surface area contributed by atoms with Gasteiger partial charge in [0.25, 0.3) is 0 Å². The molecule has 18 nitrogen and oxygen atoms in total. The molecule has 1 aromatic carbocycles. The molecule has 0 saturated carbocycles. The third-order valence-electron chi connectivity index (χ3n) is 21.4. The monoisotopic (exact) mass is 1510 g/mol. The number of rotatable bonds is 71. The van der Waals surface area contributed by atoms with Crippen LogP contribution in [0.4, 0.5) is 0 Å². The maximum Gasteiger partial charge on any atom is 0.330 e. The highest BCUT2D eigenvalue weighted by Gasteiger charge is 2.52. The Bertz CT molecular complexity index is 2380. The van der Waals surface area contributed by atoms with E-state index < -0.39 is 91.5 Å². The molecule has 3 N–H and O–H groups in total. The first-order chi connectivity index (χ1) is 52.3. The lowest BCUT2D eigenvalue weighted by Crippen LogP contribution is -2.71. The average molecular weight is 1510 g/mol. The second-order valence-corrected chi connectivity index (χ2v) is 31.3. The second kappa shape index (κ2) is 66.0. The van der Waals surface area contributed by atoms with Crippen LogP contribution >= 0.6 is 0 Å². The van der Waals surface area contributed by atoms with Gasteiger partial charge in [-0.15, -0.1) is 0 Å². The number of nitrogens with one attached hydrogen (secondary N) is 3. The number of esters is 4. The normalized spacial score (nSPS) is 18.2.